The summed E-state index contributed by atoms with van der Waals surface area (Å²) in [6.07, 6.45) is 1.76. The normalized spacial score (nSPS) is 11.6. The summed E-state index contributed by atoms with van der Waals surface area (Å²) >= 11 is 1.61. The van der Waals surface area contributed by atoms with E-state index in [1.165, 1.54) is 0 Å². The fraction of sp³-hybridized carbons (Fsp3) is 0.600. The summed E-state index contributed by atoms with van der Waals surface area (Å²) in [5.41, 5.74) is 0. The molecule has 0 aliphatic heterocycles. The molecule has 0 saturated heterocycles. The van der Waals surface area contributed by atoms with Crippen LogP contribution in [-0.2, 0) is 4.79 Å². The third kappa shape index (κ3) is 8.58. The van der Waals surface area contributed by atoms with Gasteiger partial charge in [-0.15, -0.1) is 6.58 Å². The van der Waals surface area contributed by atoms with E-state index in [2.05, 4.69) is 17.2 Å². The van der Waals surface area contributed by atoms with Gasteiger partial charge in [-0.05, 0) is 0 Å². The maximum absolute atomic E-state index is 11.3. The Morgan fingerprint density at radius 2 is 2.18 bits per heavy atom. The molecule has 0 radical (unpaired) electrons. The standard InChI is InChI=1S/C10H18N2O4S/c1-2-6-17-7-4-11-10(16)12-8(3-5-13)9(14)15/h2,8,13H,1,3-7H2,(H,14,15)(H2,11,12,16)/t8-/m1/s1. The fourth-order valence-corrected chi connectivity index (χ4v) is 1.58. The molecule has 1 atom stereocenters. The van der Waals surface area contributed by atoms with Crippen LogP contribution in [0.1, 0.15) is 6.42 Å². The first kappa shape index (κ1) is 15.8. The van der Waals surface area contributed by atoms with Gasteiger partial charge in [-0.2, -0.15) is 11.8 Å². The van der Waals surface area contributed by atoms with E-state index in [0.29, 0.717) is 6.54 Å². The zero-order valence-corrected chi connectivity index (χ0v) is 10.3. The van der Waals surface area contributed by atoms with Crippen molar-refractivity contribution in [2.24, 2.45) is 0 Å². The highest BCUT2D eigenvalue weighted by atomic mass is 32.2. The summed E-state index contributed by atoms with van der Waals surface area (Å²) < 4.78 is 0. The van der Waals surface area contributed by atoms with E-state index in [-0.39, 0.29) is 13.0 Å². The average molecular weight is 262 g/mol. The predicted molar refractivity (Wildman–Crippen MR) is 67.2 cm³/mol. The van der Waals surface area contributed by atoms with Gasteiger partial charge < -0.3 is 20.8 Å². The molecule has 0 fully saturated rings. The number of thioether (sulfide) groups is 1. The molecular formula is C10H18N2O4S. The average Bonchev–Trinajstić information content (AvgIpc) is 2.28. The zero-order chi connectivity index (χ0) is 13.1. The molecule has 0 aromatic rings. The summed E-state index contributed by atoms with van der Waals surface area (Å²) in [7, 11) is 0. The molecule has 6 nitrogen and oxygen atoms in total. The number of carbonyl (C=O) groups excluding carboxylic acids is 1. The number of aliphatic hydroxyl groups is 1. The molecule has 2 amide bonds. The van der Waals surface area contributed by atoms with Gasteiger partial charge in [0.2, 0.25) is 0 Å². The van der Waals surface area contributed by atoms with Gasteiger partial charge in [-0.3, -0.25) is 0 Å². The van der Waals surface area contributed by atoms with Gasteiger partial charge in [-0.25, -0.2) is 9.59 Å². The Labute approximate surface area is 104 Å². The minimum Gasteiger partial charge on any atom is -0.480 e. The van der Waals surface area contributed by atoms with Gasteiger partial charge in [0, 0.05) is 31.1 Å². The van der Waals surface area contributed by atoms with E-state index in [1.807, 2.05) is 0 Å². The number of aliphatic carboxylic acids is 1. The SMILES string of the molecule is C=CCSCCNC(=O)N[C@H](CCO)C(=O)O. The highest BCUT2D eigenvalue weighted by Crippen LogP contribution is 1.97. The third-order valence-corrected chi connectivity index (χ3v) is 2.75. The van der Waals surface area contributed by atoms with Crippen LogP contribution in [0.25, 0.3) is 0 Å². The molecule has 0 aliphatic rings. The molecule has 0 rings (SSSR count). The van der Waals surface area contributed by atoms with Crippen LogP contribution in [0, 0.1) is 0 Å². The molecule has 0 aromatic heterocycles. The Hall–Kier alpha value is -1.21. The number of carboxylic acids is 1. The summed E-state index contributed by atoms with van der Waals surface area (Å²) in [6.45, 7) is 3.73. The number of hydrogen-bond donors (Lipinski definition) is 4. The van der Waals surface area contributed by atoms with E-state index in [1.54, 1.807) is 17.8 Å². The third-order valence-electron chi connectivity index (χ3n) is 1.79. The molecule has 17 heavy (non-hydrogen) atoms. The second kappa shape index (κ2) is 9.98. The quantitative estimate of drug-likeness (QED) is 0.347. The molecule has 98 valence electrons. The molecule has 0 saturated carbocycles. The predicted octanol–water partition coefficient (Wildman–Crippen LogP) is 0.0404. The Balaban J connectivity index is 3.74. The van der Waals surface area contributed by atoms with Gasteiger partial charge >= 0.3 is 12.0 Å². The van der Waals surface area contributed by atoms with Crippen LogP contribution < -0.4 is 10.6 Å². The molecule has 0 heterocycles. The van der Waals surface area contributed by atoms with Crippen LogP contribution in [-0.4, -0.2) is 52.9 Å². The van der Waals surface area contributed by atoms with Crippen LogP contribution in [0.3, 0.4) is 0 Å². The van der Waals surface area contributed by atoms with E-state index in [0.717, 1.165) is 11.5 Å². The maximum Gasteiger partial charge on any atom is 0.326 e. The van der Waals surface area contributed by atoms with Crippen molar-refractivity contribution in [1.29, 1.82) is 0 Å². The summed E-state index contributed by atoms with van der Waals surface area (Å²) in [5.74, 6) is 0.387. The first-order valence-electron chi connectivity index (χ1n) is 5.18. The fourth-order valence-electron chi connectivity index (χ4n) is 0.999. The Morgan fingerprint density at radius 1 is 1.47 bits per heavy atom. The lowest BCUT2D eigenvalue weighted by molar-refractivity contribution is -0.139. The Morgan fingerprint density at radius 3 is 2.71 bits per heavy atom. The number of aliphatic hydroxyl groups excluding tert-OH is 1. The van der Waals surface area contributed by atoms with Crippen LogP contribution in [0.15, 0.2) is 12.7 Å². The van der Waals surface area contributed by atoms with Gasteiger partial charge in [0.1, 0.15) is 6.04 Å². The lowest BCUT2D eigenvalue weighted by Gasteiger charge is -2.13. The lowest BCUT2D eigenvalue weighted by Crippen LogP contribution is -2.46. The second-order valence-electron chi connectivity index (χ2n) is 3.17. The number of amides is 2. The van der Waals surface area contributed by atoms with Crippen molar-refractivity contribution in [3.8, 4) is 0 Å². The van der Waals surface area contributed by atoms with Gasteiger partial charge in [0.25, 0.3) is 0 Å². The van der Waals surface area contributed by atoms with E-state index >= 15 is 0 Å². The lowest BCUT2D eigenvalue weighted by atomic mass is 10.2. The van der Waals surface area contributed by atoms with Crippen molar-refractivity contribution < 1.29 is 19.8 Å². The molecule has 0 bridgehead atoms. The van der Waals surface area contributed by atoms with Crippen LogP contribution in [0.5, 0.6) is 0 Å². The van der Waals surface area contributed by atoms with Gasteiger partial charge in [0.05, 0.1) is 0 Å². The highest BCUT2D eigenvalue weighted by Gasteiger charge is 2.18. The van der Waals surface area contributed by atoms with Crippen molar-refractivity contribution in [2.75, 3.05) is 24.7 Å². The number of carbonyl (C=O) groups is 2. The number of carboxylic acid groups (broad SMARTS) is 1. The number of hydrogen-bond acceptors (Lipinski definition) is 4. The first-order valence-corrected chi connectivity index (χ1v) is 6.34. The maximum atomic E-state index is 11.3. The van der Waals surface area contributed by atoms with Gasteiger partial charge in [0.15, 0.2) is 0 Å². The topological polar surface area (TPSA) is 98.7 Å². The molecule has 0 spiro atoms. The van der Waals surface area contributed by atoms with Gasteiger partial charge in [-0.1, -0.05) is 6.08 Å². The van der Waals surface area contributed by atoms with E-state index in [4.69, 9.17) is 10.2 Å². The highest BCUT2D eigenvalue weighted by molar-refractivity contribution is 7.99. The summed E-state index contributed by atoms with van der Waals surface area (Å²) in [4.78, 5) is 21.9. The summed E-state index contributed by atoms with van der Waals surface area (Å²) in [5, 5.41) is 22.2. The second-order valence-corrected chi connectivity index (χ2v) is 4.32. The molecule has 0 aliphatic carbocycles. The smallest absolute Gasteiger partial charge is 0.326 e. The first-order chi connectivity index (χ1) is 8.11. The van der Waals surface area contributed by atoms with Crippen molar-refractivity contribution in [3.63, 3.8) is 0 Å². The molecule has 0 aromatic carbocycles. The van der Waals surface area contributed by atoms with Crippen LogP contribution >= 0.6 is 11.8 Å². The number of nitrogens with one attached hydrogen (secondary N) is 2. The van der Waals surface area contributed by atoms with E-state index < -0.39 is 18.0 Å². The van der Waals surface area contributed by atoms with Crippen molar-refractivity contribution in [1.82, 2.24) is 10.6 Å². The number of rotatable bonds is 9. The monoisotopic (exact) mass is 262 g/mol. The van der Waals surface area contributed by atoms with Crippen molar-refractivity contribution in [2.45, 2.75) is 12.5 Å². The zero-order valence-electron chi connectivity index (χ0n) is 9.52. The Kier molecular flexibility index (Phi) is 9.27. The Bertz CT molecular complexity index is 261. The van der Waals surface area contributed by atoms with Crippen LogP contribution in [0.2, 0.25) is 0 Å². The minimum absolute atomic E-state index is 0.00598. The largest absolute Gasteiger partial charge is 0.480 e. The van der Waals surface area contributed by atoms with E-state index in [9.17, 15) is 9.59 Å². The number of urea groups is 1. The van der Waals surface area contributed by atoms with Crippen LogP contribution in [0.4, 0.5) is 4.79 Å². The minimum atomic E-state index is -1.16. The molecule has 7 heteroatoms. The summed E-state index contributed by atoms with van der Waals surface area (Å²) in [6, 6.07) is -1.59. The van der Waals surface area contributed by atoms with Crippen molar-refractivity contribution in [3.05, 3.63) is 12.7 Å². The van der Waals surface area contributed by atoms with Crippen molar-refractivity contribution >= 4 is 23.8 Å². The molecule has 0 unspecified atom stereocenters. The molecule has 4 N–H and O–H groups in total. The molecular weight excluding hydrogens is 244 g/mol.